The molecular weight excluding hydrogens is 185 g/mol. The lowest BCUT2D eigenvalue weighted by atomic mass is 10.5. The molecule has 1 rings (SSSR count). The number of halogens is 2. The second-order valence-corrected chi connectivity index (χ2v) is 2.57. The van der Waals surface area contributed by atoms with Crippen molar-refractivity contribution in [3.8, 4) is 0 Å². The highest BCUT2D eigenvalue weighted by Crippen LogP contribution is 2.18. The fraction of sp³-hybridized carbons (Fsp3) is 0.333. The van der Waals surface area contributed by atoms with E-state index in [-0.39, 0.29) is 5.28 Å². The number of hydrogen-bond acceptors (Lipinski definition) is 3. The summed E-state index contributed by atoms with van der Waals surface area (Å²) < 4.78 is 0. The van der Waals surface area contributed by atoms with E-state index in [0.717, 1.165) is 6.54 Å². The zero-order chi connectivity index (χ0) is 8.27. The van der Waals surface area contributed by atoms with Crippen LogP contribution in [0.1, 0.15) is 6.92 Å². The first-order valence-corrected chi connectivity index (χ1v) is 3.91. The zero-order valence-corrected chi connectivity index (χ0v) is 7.45. The maximum Gasteiger partial charge on any atom is 0.223 e. The van der Waals surface area contributed by atoms with Gasteiger partial charge in [0.05, 0.1) is 11.9 Å². The molecule has 0 aliphatic carbocycles. The second-order valence-electron chi connectivity index (χ2n) is 1.87. The van der Waals surface area contributed by atoms with Crippen molar-refractivity contribution in [3.63, 3.8) is 0 Å². The summed E-state index contributed by atoms with van der Waals surface area (Å²) in [6.45, 7) is 2.75. The van der Waals surface area contributed by atoms with Gasteiger partial charge in [-0.15, -0.1) is 0 Å². The minimum absolute atomic E-state index is 0.164. The van der Waals surface area contributed by atoms with Gasteiger partial charge in [-0.1, -0.05) is 11.6 Å². The van der Waals surface area contributed by atoms with E-state index < -0.39 is 0 Å². The molecule has 0 atom stereocenters. The van der Waals surface area contributed by atoms with Crippen LogP contribution in [-0.2, 0) is 0 Å². The first-order valence-electron chi connectivity index (χ1n) is 3.16. The fourth-order valence-corrected chi connectivity index (χ4v) is 1.02. The molecule has 0 aromatic carbocycles. The molecule has 0 spiro atoms. The van der Waals surface area contributed by atoms with Crippen molar-refractivity contribution in [1.29, 1.82) is 0 Å². The largest absolute Gasteiger partial charge is 0.382 e. The Kier molecular flexibility index (Phi) is 2.91. The van der Waals surface area contributed by atoms with Crippen molar-refractivity contribution in [3.05, 3.63) is 16.6 Å². The van der Waals surface area contributed by atoms with E-state index in [1.54, 1.807) is 6.20 Å². The molecule has 1 heterocycles. The fourth-order valence-electron chi connectivity index (χ4n) is 0.650. The summed E-state index contributed by atoms with van der Waals surface area (Å²) in [5.41, 5.74) is 0.707. The van der Waals surface area contributed by atoms with Gasteiger partial charge in [0.25, 0.3) is 0 Å². The Balaban J connectivity index is 2.90. The average Bonchev–Trinajstić information content (AvgIpc) is 1.95. The smallest absolute Gasteiger partial charge is 0.223 e. The molecule has 60 valence electrons. The van der Waals surface area contributed by atoms with Gasteiger partial charge in [-0.3, -0.25) is 0 Å². The standard InChI is InChI=1S/C6H7Cl2N3/c1-2-9-4-3-10-6(8)11-5(4)7/h3,9H,2H2,1H3. The summed E-state index contributed by atoms with van der Waals surface area (Å²) in [6.07, 6.45) is 1.56. The van der Waals surface area contributed by atoms with Gasteiger partial charge >= 0.3 is 0 Å². The summed E-state index contributed by atoms with van der Waals surface area (Å²) in [5.74, 6) is 0. The first kappa shape index (κ1) is 8.56. The van der Waals surface area contributed by atoms with Crippen LogP contribution in [0.15, 0.2) is 6.20 Å². The normalized spacial score (nSPS) is 9.73. The van der Waals surface area contributed by atoms with Crippen LogP contribution in [0.4, 0.5) is 5.69 Å². The molecule has 1 N–H and O–H groups in total. The van der Waals surface area contributed by atoms with E-state index in [0.29, 0.717) is 10.8 Å². The minimum atomic E-state index is 0.164. The molecule has 0 fully saturated rings. The highest BCUT2D eigenvalue weighted by Gasteiger charge is 2.00. The van der Waals surface area contributed by atoms with Crippen LogP contribution in [0, 0.1) is 0 Å². The molecule has 0 amide bonds. The summed E-state index contributed by atoms with van der Waals surface area (Å²) >= 11 is 11.2. The van der Waals surface area contributed by atoms with Gasteiger partial charge in [-0.2, -0.15) is 0 Å². The highest BCUT2D eigenvalue weighted by atomic mass is 35.5. The quantitative estimate of drug-likeness (QED) is 0.576. The molecular formula is C6H7Cl2N3. The van der Waals surface area contributed by atoms with Crippen LogP contribution in [0.3, 0.4) is 0 Å². The van der Waals surface area contributed by atoms with Crippen molar-refractivity contribution in [2.24, 2.45) is 0 Å². The van der Waals surface area contributed by atoms with Gasteiger partial charge < -0.3 is 5.32 Å². The molecule has 11 heavy (non-hydrogen) atoms. The van der Waals surface area contributed by atoms with Gasteiger partial charge in [-0.25, -0.2) is 9.97 Å². The Labute approximate surface area is 74.8 Å². The van der Waals surface area contributed by atoms with Gasteiger partial charge in [0.15, 0.2) is 5.15 Å². The van der Waals surface area contributed by atoms with Crippen LogP contribution < -0.4 is 5.32 Å². The Morgan fingerprint density at radius 3 is 2.82 bits per heavy atom. The van der Waals surface area contributed by atoms with Crippen LogP contribution in [0.2, 0.25) is 10.4 Å². The molecule has 0 saturated carbocycles. The maximum atomic E-state index is 5.71. The summed E-state index contributed by atoms with van der Waals surface area (Å²) in [5, 5.41) is 3.50. The highest BCUT2D eigenvalue weighted by molar-refractivity contribution is 6.33. The molecule has 0 aliphatic rings. The van der Waals surface area contributed by atoms with E-state index >= 15 is 0 Å². The SMILES string of the molecule is CCNc1cnc(Cl)nc1Cl. The van der Waals surface area contributed by atoms with Gasteiger partial charge in [-0.05, 0) is 18.5 Å². The molecule has 0 unspecified atom stereocenters. The molecule has 1 aromatic heterocycles. The zero-order valence-electron chi connectivity index (χ0n) is 5.93. The van der Waals surface area contributed by atoms with Crippen molar-refractivity contribution in [2.45, 2.75) is 6.92 Å². The lowest BCUT2D eigenvalue weighted by Crippen LogP contribution is -1.99. The van der Waals surface area contributed by atoms with E-state index in [9.17, 15) is 0 Å². The maximum absolute atomic E-state index is 5.71. The van der Waals surface area contributed by atoms with Gasteiger partial charge in [0.1, 0.15) is 0 Å². The van der Waals surface area contributed by atoms with Crippen molar-refractivity contribution < 1.29 is 0 Å². The second kappa shape index (κ2) is 3.74. The first-order chi connectivity index (χ1) is 5.24. The summed E-state index contributed by atoms with van der Waals surface area (Å²) in [6, 6.07) is 0. The Morgan fingerprint density at radius 2 is 2.27 bits per heavy atom. The van der Waals surface area contributed by atoms with Gasteiger partial charge in [0.2, 0.25) is 5.28 Å². The van der Waals surface area contributed by atoms with Crippen LogP contribution in [-0.4, -0.2) is 16.5 Å². The molecule has 1 aromatic rings. The van der Waals surface area contributed by atoms with E-state index in [4.69, 9.17) is 23.2 Å². The Morgan fingerprint density at radius 1 is 1.55 bits per heavy atom. The Hall–Kier alpha value is -0.540. The third kappa shape index (κ3) is 2.20. The van der Waals surface area contributed by atoms with E-state index in [1.165, 1.54) is 0 Å². The van der Waals surface area contributed by atoms with Crippen LogP contribution >= 0.6 is 23.2 Å². The van der Waals surface area contributed by atoms with Crippen LogP contribution in [0.25, 0.3) is 0 Å². The van der Waals surface area contributed by atoms with Crippen molar-refractivity contribution in [1.82, 2.24) is 9.97 Å². The monoisotopic (exact) mass is 191 g/mol. The van der Waals surface area contributed by atoms with Gasteiger partial charge in [0, 0.05) is 6.54 Å². The number of anilines is 1. The molecule has 5 heteroatoms. The topological polar surface area (TPSA) is 37.8 Å². The minimum Gasteiger partial charge on any atom is -0.382 e. The predicted octanol–water partition coefficient (Wildman–Crippen LogP) is 2.22. The molecule has 0 aliphatic heterocycles. The predicted molar refractivity (Wildman–Crippen MR) is 46.2 cm³/mol. The molecule has 0 saturated heterocycles. The van der Waals surface area contributed by atoms with E-state index in [1.807, 2.05) is 6.92 Å². The summed E-state index contributed by atoms with van der Waals surface area (Å²) in [7, 11) is 0. The average molecular weight is 192 g/mol. The molecule has 0 bridgehead atoms. The summed E-state index contributed by atoms with van der Waals surface area (Å²) in [4.78, 5) is 7.52. The number of aromatic nitrogens is 2. The number of rotatable bonds is 2. The lowest BCUT2D eigenvalue weighted by Gasteiger charge is -2.02. The van der Waals surface area contributed by atoms with Crippen LogP contribution in [0.5, 0.6) is 0 Å². The number of hydrogen-bond donors (Lipinski definition) is 1. The number of nitrogens with zero attached hydrogens (tertiary/aromatic N) is 2. The third-order valence-electron chi connectivity index (χ3n) is 1.08. The number of nitrogens with one attached hydrogen (secondary N) is 1. The van der Waals surface area contributed by atoms with E-state index in [2.05, 4.69) is 15.3 Å². The lowest BCUT2D eigenvalue weighted by molar-refractivity contribution is 1.13. The third-order valence-corrected chi connectivity index (χ3v) is 1.55. The van der Waals surface area contributed by atoms with Crippen molar-refractivity contribution in [2.75, 3.05) is 11.9 Å². The molecule has 0 radical (unpaired) electrons. The molecule has 3 nitrogen and oxygen atoms in total. The van der Waals surface area contributed by atoms with Crippen molar-refractivity contribution >= 4 is 28.9 Å². The Bertz CT molecular complexity index is 252.